The van der Waals surface area contributed by atoms with Gasteiger partial charge in [0.25, 0.3) is 0 Å². The summed E-state index contributed by atoms with van der Waals surface area (Å²) in [5.41, 5.74) is 0. The summed E-state index contributed by atoms with van der Waals surface area (Å²) in [6, 6.07) is 6.68. The van der Waals surface area contributed by atoms with Crippen molar-refractivity contribution in [2.24, 2.45) is 0 Å². The molecule has 0 bridgehead atoms. The number of amides is 2. The predicted octanol–water partition coefficient (Wildman–Crippen LogP) is 1.71. The molecule has 2 heterocycles. The molecule has 138 valence electrons. The van der Waals surface area contributed by atoms with E-state index in [0.29, 0.717) is 25.7 Å². The molecule has 6 nitrogen and oxygen atoms in total. The lowest BCUT2D eigenvalue weighted by atomic mass is 10.1. The zero-order valence-electron chi connectivity index (χ0n) is 14.6. The molecular weight excluding hydrogens is 325 g/mol. The quantitative estimate of drug-likeness (QED) is 0.848. The summed E-state index contributed by atoms with van der Waals surface area (Å²) in [5, 5.41) is 2.95. The average Bonchev–Trinajstić information content (AvgIpc) is 2.59. The van der Waals surface area contributed by atoms with Gasteiger partial charge in [0.1, 0.15) is 6.10 Å². The second-order valence-corrected chi connectivity index (χ2v) is 6.59. The van der Waals surface area contributed by atoms with Gasteiger partial charge >= 0.3 is 6.03 Å². The average molecular weight is 351 g/mol. The third-order valence-electron chi connectivity index (χ3n) is 4.77. The van der Waals surface area contributed by atoms with Crippen molar-refractivity contribution in [1.82, 2.24) is 15.1 Å². The zero-order chi connectivity index (χ0) is 17.6. The molecule has 2 amide bonds. The van der Waals surface area contributed by atoms with Crippen LogP contribution < -0.4 is 10.1 Å². The van der Waals surface area contributed by atoms with E-state index in [9.17, 15) is 9.18 Å². The summed E-state index contributed by atoms with van der Waals surface area (Å²) in [5.74, 6) is -0.130. The van der Waals surface area contributed by atoms with E-state index in [-0.39, 0.29) is 23.7 Å². The highest BCUT2D eigenvalue weighted by Gasteiger charge is 2.32. The van der Waals surface area contributed by atoms with Crippen LogP contribution in [-0.4, -0.2) is 73.9 Å². The van der Waals surface area contributed by atoms with Gasteiger partial charge in [0, 0.05) is 25.7 Å². The van der Waals surface area contributed by atoms with Crippen LogP contribution >= 0.6 is 0 Å². The van der Waals surface area contributed by atoms with Crippen LogP contribution in [0.2, 0.25) is 0 Å². The third-order valence-corrected chi connectivity index (χ3v) is 4.77. The number of para-hydroxylation sites is 1. The van der Waals surface area contributed by atoms with Crippen LogP contribution in [0.5, 0.6) is 5.75 Å². The molecule has 0 aliphatic carbocycles. The molecule has 1 atom stereocenters. The van der Waals surface area contributed by atoms with Crippen LogP contribution in [0.3, 0.4) is 0 Å². The fourth-order valence-corrected chi connectivity index (χ4v) is 3.10. The lowest BCUT2D eigenvalue weighted by Gasteiger charge is -2.39. The minimum atomic E-state index is -0.373. The van der Waals surface area contributed by atoms with Gasteiger partial charge in [-0.25, -0.2) is 9.18 Å². The molecule has 1 N–H and O–H groups in total. The largest absolute Gasteiger partial charge is 0.484 e. The maximum absolute atomic E-state index is 13.5. The molecule has 1 aromatic rings. The number of nitrogens with zero attached hydrogens (tertiary/aromatic N) is 2. The highest BCUT2D eigenvalue weighted by molar-refractivity contribution is 5.75. The van der Waals surface area contributed by atoms with Crippen LogP contribution in [-0.2, 0) is 4.74 Å². The van der Waals surface area contributed by atoms with E-state index in [0.717, 1.165) is 32.7 Å². The smallest absolute Gasteiger partial charge is 0.317 e. The van der Waals surface area contributed by atoms with E-state index < -0.39 is 0 Å². The Morgan fingerprint density at radius 1 is 1.36 bits per heavy atom. The second kappa shape index (κ2) is 8.49. The van der Waals surface area contributed by atoms with E-state index in [4.69, 9.17) is 9.47 Å². The topological polar surface area (TPSA) is 54.0 Å². The van der Waals surface area contributed by atoms with Crippen LogP contribution in [0, 0.1) is 5.82 Å². The number of benzene rings is 1. The second-order valence-electron chi connectivity index (χ2n) is 6.59. The van der Waals surface area contributed by atoms with Crippen molar-refractivity contribution in [2.45, 2.75) is 25.5 Å². The van der Waals surface area contributed by atoms with E-state index in [2.05, 4.69) is 17.1 Å². The molecule has 0 saturated carbocycles. The molecule has 2 saturated heterocycles. The first-order valence-corrected chi connectivity index (χ1v) is 8.89. The Hall–Kier alpha value is -1.86. The molecule has 0 spiro atoms. The van der Waals surface area contributed by atoms with Crippen LogP contribution in [0.1, 0.15) is 13.3 Å². The number of nitrogens with one attached hydrogen (secondary N) is 1. The van der Waals surface area contributed by atoms with Gasteiger partial charge in [-0.1, -0.05) is 12.1 Å². The Bertz CT molecular complexity index is 574. The Morgan fingerprint density at radius 3 is 2.80 bits per heavy atom. The highest BCUT2D eigenvalue weighted by Crippen LogP contribution is 2.21. The summed E-state index contributed by atoms with van der Waals surface area (Å²) in [4.78, 5) is 16.2. The summed E-state index contributed by atoms with van der Waals surface area (Å²) in [6.07, 6.45) is 0.768. The maximum Gasteiger partial charge on any atom is 0.317 e. The molecule has 2 aliphatic heterocycles. The molecule has 0 aromatic heterocycles. The number of urea groups is 1. The number of rotatable bonds is 6. The van der Waals surface area contributed by atoms with Crippen molar-refractivity contribution in [3.05, 3.63) is 30.1 Å². The first-order valence-electron chi connectivity index (χ1n) is 8.89. The number of carbonyl (C=O) groups is 1. The van der Waals surface area contributed by atoms with Gasteiger partial charge < -0.3 is 19.7 Å². The van der Waals surface area contributed by atoms with Crippen LogP contribution in [0.4, 0.5) is 9.18 Å². The molecule has 2 fully saturated rings. The monoisotopic (exact) mass is 351 g/mol. The van der Waals surface area contributed by atoms with Crippen molar-refractivity contribution in [3.8, 4) is 5.75 Å². The normalized spacial score (nSPS) is 20.0. The number of carbonyl (C=O) groups excluding carboxylic acids is 1. The van der Waals surface area contributed by atoms with E-state index in [1.54, 1.807) is 23.1 Å². The van der Waals surface area contributed by atoms with E-state index >= 15 is 0 Å². The standard InChI is InChI=1S/C18H26FN3O3/c1-14(21-8-10-24-11-9-21)6-7-20-18(23)22-12-15(13-22)25-17-5-3-2-4-16(17)19/h2-5,14-15H,6-13H2,1H3,(H,20,23)/t14-/m0/s1. The van der Waals surface area contributed by atoms with Crippen LogP contribution in [0.15, 0.2) is 24.3 Å². The minimum absolute atomic E-state index is 0.0810. The van der Waals surface area contributed by atoms with Gasteiger partial charge in [-0.3, -0.25) is 4.90 Å². The SMILES string of the molecule is C[C@@H](CCNC(=O)N1CC(Oc2ccccc2F)C1)N1CCOCC1. The maximum atomic E-state index is 13.5. The molecule has 7 heteroatoms. The fraction of sp³-hybridized carbons (Fsp3) is 0.611. The van der Waals surface area contributed by atoms with Gasteiger partial charge in [-0.15, -0.1) is 0 Å². The molecule has 1 aromatic carbocycles. The summed E-state index contributed by atoms with van der Waals surface area (Å²) < 4.78 is 24.5. The van der Waals surface area contributed by atoms with Crippen molar-refractivity contribution >= 4 is 6.03 Å². The Morgan fingerprint density at radius 2 is 2.08 bits per heavy atom. The molecular formula is C18H26FN3O3. The molecule has 2 aliphatic rings. The summed E-state index contributed by atoms with van der Waals surface area (Å²) >= 11 is 0. The first-order chi connectivity index (χ1) is 12.1. The molecule has 0 radical (unpaired) electrons. The fourth-order valence-electron chi connectivity index (χ4n) is 3.10. The van der Waals surface area contributed by atoms with E-state index in [1.807, 2.05) is 0 Å². The summed E-state index contributed by atoms with van der Waals surface area (Å²) in [7, 11) is 0. The first kappa shape index (κ1) is 17.9. The number of morpholine rings is 1. The number of halogens is 1. The Kier molecular flexibility index (Phi) is 6.09. The minimum Gasteiger partial charge on any atom is -0.484 e. The Balaban J connectivity index is 1.32. The predicted molar refractivity (Wildman–Crippen MR) is 92.3 cm³/mol. The number of hydrogen-bond donors (Lipinski definition) is 1. The lowest BCUT2D eigenvalue weighted by Crippen LogP contribution is -2.59. The summed E-state index contributed by atoms with van der Waals surface area (Å²) in [6.45, 7) is 7.28. The van der Waals surface area contributed by atoms with Crippen molar-refractivity contribution in [2.75, 3.05) is 45.9 Å². The lowest BCUT2D eigenvalue weighted by molar-refractivity contribution is 0.0183. The number of hydrogen-bond acceptors (Lipinski definition) is 4. The molecule has 0 unspecified atom stereocenters. The van der Waals surface area contributed by atoms with Gasteiger partial charge in [0.05, 0.1) is 26.3 Å². The molecule has 3 rings (SSSR count). The number of likely N-dealkylation sites (tertiary alicyclic amines) is 1. The van der Waals surface area contributed by atoms with Crippen molar-refractivity contribution in [3.63, 3.8) is 0 Å². The van der Waals surface area contributed by atoms with Crippen molar-refractivity contribution in [1.29, 1.82) is 0 Å². The zero-order valence-corrected chi connectivity index (χ0v) is 14.6. The van der Waals surface area contributed by atoms with Gasteiger partial charge in [0.15, 0.2) is 11.6 Å². The van der Waals surface area contributed by atoms with Gasteiger partial charge in [-0.05, 0) is 25.5 Å². The molecule has 25 heavy (non-hydrogen) atoms. The van der Waals surface area contributed by atoms with Crippen LogP contribution in [0.25, 0.3) is 0 Å². The Labute approximate surface area is 147 Å². The highest BCUT2D eigenvalue weighted by atomic mass is 19.1. The van der Waals surface area contributed by atoms with Gasteiger partial charge in [0.2, 0.25) is 0 Å². The third kappa shape index (κ3) is 4.83. The van der Waals surface area contributed by atoms with Gasteiger partial charge in [-0.2, -0.15) is 0 Å². The van der Waals surface area contributed by atoms with Crippen molar-refractivity contribution < 1.29 is 18.7 Å². The van der Waals surface area contributed by atoms with E-state index in [1.165, 1.54) is 6.07 Å². The number of ether oxygens (including phenoxy) is 2.